The highest BCUT2D eigenvalue weighted by molar-refractivity contribution is 5.63. The van der Waals surface area contributed by atoms with E-state index in [0.717, 1.165) is 26.2 Å². The summed E-state index contributed by atoms with van der Waals surface area (Å²) in [7, 11) is 0. The molecule has 0 amide bonds. The largest absolute Gasteiger partial charge is 0.369 e. The first-order valence-corrected chi connectivity index (χ1v) is 11.1. The first kappa shape index (κ1) is 19.6. The molecule has 0 radical (unpaired) electrons. The van der Waals surface area contributed by atoms with Gasteiger partial charge in [-0.1, -0.05) is 103 Å². The summed E-state index contributed by atoms with van der Waals surface area (Å²) in [6.45, 7) is 4.15. The van der Waals surface area contributed by atoms with Crippen molar-refractivity contribution in [2.24, 2.45) is 0 Å². The molecule has 1 aliphatic heterocycles. The Balaban J connectivity index is 1.79. The molecular weight excluding hydrogens is 376 g/mol. The molecule has 0 saturated carbocycles. The molecule has 0 atom stereocenters. The van der Waals surface area contributed by atoms with Gasteiger partial charge < -0.3 is 10.2 Å². The second-order valence-electron chi connectivity index (χ2n) is 8.14. The van der Waals surface area contributed by atoms with Crippen LogP contribution in [0.1, 0.15) is 22.3 Å². The Morgan fingerprint density at radius 3 is 1.45 bits per heavy atom. The predicted molar refractivity (Wildman–Crippen MR) is 130 cm³/mol. The predicted octanol–water partition coefficient (Wildman–Crippen LogP) is 5.48. The van der Waals surface area contributed by atoms with Crippen molar-refractivity contribution in [3.05, 3.63) is 138 Å². The van der Waals surface area contributed by atoms with E-state index in [0.29, 0.717) is 0 Å². The highest BCUT2D eigenvalue weighted by Gasteiger charge is 2.38. The highest BCUT2D eigenvalue weighted by atomic mass is 15.2. The monoisotopic (exact) mass is 404 g/mol. The summed E-state index contributed by atoms with van der Waals surface area (Å²) in [6.07, 6.45) is 0. The third kappa shape index (κ3) is 3.64. The number of anilines is 1. The van der Waals surface area contributed by atoms with Crippen LogP contribution < -0.4 is 10.2 Å². The first-order valence-electron chi connectivity index (χ1n) is 11.1. The fourth-order valence-corrected chi connectivity index (χ4v) is 4.92. The fourth-order valence-electron chi connectivity index (χ4n) is 4.92. The lowest BCUT2D eigenvalue weighted by molar-refractivity contribution is 0.588. The molecule has 2 heteroatoms. The van der Waals surface area contributed by atoms with E-state index in [9.17, 15) is 0 Å². The Kier molecular flexibility index (Phi) is 5.56. The van der Waals surface area contributed by atoms with Crippen LogP contribution in [0.25, 0.3) is 0 Å². The zero-order valence-corrected chi connectivity index (χ0v) is 17.7. The number of hydrogen-bond donors (Lipinski definition) is 1. The molecule has 2 nitrogen and oxygen atoms in total. The van der Waals surface area contributed by atoms with Crippen molar-refractivity contribution in [3.8, 4) is 0 Å². The minimum Gasteiger partial charge on any atom is -0.369 e. The van der Waals surface area contributed by atoms with Gasteiger partial charge in [-0.05, 0) is 34.4 Å². The van der Waals surface area contributed by atoms with E-state index in [4.69, 9.17) is 0 Å². The van der Waals surface area contributed by atoms with Crippen LogP contribution in [0, 0.1) is 0 Å². The molecule has 1 aliphatic rings. The second-order valence-corrected chi connectivity index (χ2v) is 8.14. The average Bonchev–Trinajstić information content (AvgIpc) is 2.87. The van der Waals surface area contributed by atoms with Gasteiger partial charge >= 0.3 is 0 Å². The van der Waals surface area contributed by atoms with Gasteiger partial charge in [0.05, 0.1) is 5.41 Å². The van der Waals surface area contributed by atoms with Crippen LogP contribution in [-0.2, 0) is 5.41 Å². The molecule has 0 unspecified atom stereocenters. The summed E-state index contributed by atoms with van der Waals surface area (Å²) >= 11 is 0. The normalized spacial score (nSPS) is 14.4. The molecule has 154 valence electrons. The van der Waals surface area contributed by atoms with Crippen molar-refractivity contribution in [3.63, 3.8) is 0 Å². The van der Waals surface area contributed by atoms with Crippen molar-refractivity contribution < 1.29 is 0 Å². The van der Waals surface area contributed by atoms with Gasteiger partial charge in [-0.25, -0.2) is 0 Å². The van der Waals surface area contributed by atoms with Crippen LogP contribution in [0.15, 0.2) is 115 Å². The SMILES string of the molecule is c1ccc(C(c2ccccc2)(c2ccccc2)c2cccc(N3CCNCC3)c2)cc1. The number of nitrogens with one attached hydrogen (secondary N) is 1. The minimum atomic E-state index is -0.381. The van der Waals surface area contributed by atoms with Crippen LogP contribution >= 0.6 is 0 Å². The number of piperazine rings is 1. The van der Waals surface area contributed by atoms with Gasteiger partial charge in [0.15, 0.2) is 0 Å². The molecule has 1 heterocycles. The van der Waals surface area contributed by atoms with Crippen LogP contribution in [0.4, 0.5) is 5.69 Å². The standard InChI is InChI=1S/C29H28N2/c1-4-11-24(12-5-1)29(25-13-6-2-7-14-25,26-15-8-3-9-16-26)27-17-10-18-28(23-27)31-21-19-30-20-22-31/h1-18,23,30H,19-22H2. The Morgan fingerprint density at radius 2 is 0.968 bits per heavy atom. The lowest BCUT2D eigenvalue weighted by Crippen LogP contribution is -2.43. The smallest absolute Gasteiger partial charge is 0.0702 e. The van der Waals surface area contributed by atoms with Crippen molar-refractivity contribution in [2.75, 3.05) is 31.1 Å². The maximum Gasteiger partial charge on any atom is 0.0702 e. The van der Waals surface area contributed by atoms with Gasteiger partial charge in [-0.2, -0.15) is 0 Å². The van der Waals surface area contributed by atoms with Crippen molar-refractivity contribution in [1.29, 1.82) is 0 Å². The molecule has 0 aromatic heterocycles. The van der Waals surface area contributed by atoms with Crippen molar-refractivity contribution in [1.82, 2.24) is 5.32 Å². The van der Waals surface area contributed by atoms with E-state index in [1.807, 2.05) is 0 Å². The van der Waals surface area contributed by atoms with Gasteiger partial charge in [0.1, 0.15) is 0 Å². The molecule has 0 aliphatic carbocycles. The quantitative estimate of drug-likeness (QED) is 0.443. The van der Waals surface area contributed by atoms with Crippen molar-refractivity contribution >= 4 is 5.69 Å². The zero-order chi connectivity index (χ0) is 20.9. The lowest BCUT2D eigenvalue weighted by atomic mass is 9.65. The maximum atomic E-state index is 3.47. The first-order chi connectivity index (χ1) is 15.4. The van der Waals surface area contributed by atoms with Gasteiger partial charge in [0.2, 0.25) is 0 Å². The summed E-state index contributed by atoms with van der Waals surface area (Å²) in [5.74, 6) is 0. The molecule has 4 aromatic rings. The third-order valence-electron chi connectivity index (χ3n) is 6.38. The number of hydrogen-bond acceptors (Lipinski definition) is 2. The summed E-state index contributed by atoms with van der Waals surface area (Å²) in [5, 5.41) is 3.47. The van der Waals surface area contributed by atoms with E-state index in [1.165, 1.54) is 27.9 Å². The van der Waals surface area contributed by atoms with E-state index >= 15 is 0 Å². The number of rotatable bonds is 5. The topological polar surface area (TPSA) is 15.3 Å². The van der Waals surface area contributed by atoms with E-state index < -0.39 is 0 Å². The molecular formula is C29H28N2. The summed E-state index contributed by atoms with van der Waals surface area (Å²) < 4.78 is 0. The van der Waals surface area contributed by atoms with Gasteiger partial charge in [-0.15, -0.1) is 0 Å². The molecule has 5 rings (SSSR count). The minimum absolute atomic E-state index is 0.381. The molecule has 1 saturated heterocycles. The maximum absolute atomic E-state index is 3.47. The summed E-state index contributed by atoms with van der Waals surface area (Å²) in [6, 6.07) is 41.9. The van der Waals surface area contributed by atoms with Crippen LogP contribution in [0.2, 0.25) is 0 Å². The van der Waals surface area contributed by atoms with Crippen LogP contribution in [0.5, 0.6) is 0 Å². The van der Waals surface area contributed by atoms with E-state index in [1.54, 1.807) is 0 Å². The Bertz CT molecular complexity index is 1000. The van der Waals surface area contributed by atoms with E-state index in [-0.39, 0.29) is 5.41 Å². The van der Waals surface area contributed by atoms with Crippen LogP contribution in [-0.4, -0.2) is 26.2 Å². The van der Waals surface area contributed by atoms with E-state index in [2.05, 4.69) is 125 Å². The molecule has 0 spiro atoms. The number of nitrogens with zero attached hydrogens (tertiary/aromatic N) is 1. The molecule has 4 aromatic carbocycles. The molecule has 31 heavy (non-hydrogen) atoms. The number of benzene rings is 4. The summed E-state index contributed by atoms with van der Waals surface area (Å²) in [4.78, 5) is 2.49. The van der Waals surface area contributed by atoms with Crippen LogP contribution in [0.3, 0.4) is 0 Å². The lowest BCUT2D eigenvalue weighted by Gasteiger charge is -2.38. The Morgan fingerprint density at radius 1 is 0.516 bits per heavy atom. The second kappa shape index (κ2) is 8.79. The third-order valence-corrected chi connectivity index (χ3v) is 6.38. The summed E-state index contributed by atoms with van der Waals surface area (Å²) in [5.41, 5.74) is 6.06. The fraction of sp³-hybridized carbons (Fsp3) is 0.172. The molecule has 1 N–H and O–H groups in total. The Labute approximate surface area is 185 Å². The molecule has 0 bridgehead atoms. The molecule has 1 fully saturated rings. The van der Waals surface area contributed by atoms with Gasteiger partial charge in [0, 0.05) is 31.9 Å². The van der Waals surface area contributed by atoms with Gasteiger partial charge in [0.25, 0.3) is 0 Å². The van der Waals surface area contributed by atoms with Gasteiger partial charge in [-0.3, -0.25) is 0 Å². The zero-order valence-electron chi connectivity index (χ0n) is 17.7. The average molecular weight is 405 g/mol. The highest BCUT2D eigenvalue weighted by Crippen LogP contribution is 2.45. The Hall–Kier alpha value is -3.36. The van der Waals surface area contributed by atoms with Crippen molar-refractivity contribution in [2.45, 2.75) is 5.41 Å².